The third-order valence-corrected chi connectivity index (χ3v) is 6.52. The highest BCUT2D eigenvalue weighted by Gasteiger charge is 2.29. The van der Waals surface area contributed by atoms with Crippen LogP contribution in [-0.4, -0.2) is 28.9 Å². The number of para-hydroxylation sites is 1. The minimum Gasteiger partial charge on any atom is -0.451 e. The summed E-state index contributed by atoms with van der Waals surface area (Å²) in [5.74, 6) is 0.318. The summed E-state index contributed by atoms with van der Waals surface area (Å²) in [4.78, 5) is 19.6. The van der Waals surface area contributed by atoms with Gasteiger partial charge in [-0.25, -0.2) is 9.37 Å². The molecular formula is C23H19FN2O2S. The first-order chi connectivity index (χ1) is 14.2. The fraction of sp³-hybridized carbons (Fsp3) is 0.217. The van der Waals surface area contributed by atoms with Gasteiger partial charge in [-0.3, -0.25) is 4.79 Å². The normalized spacial score (nSPS) is 17.0. The van der Waals surface area contributed by atoms with Crippen LogP contribution in [0.2, 0.25) is 0 Å². The maximum Gasteiger partial charge on any atom is 0.289 e. The lowest BCUT2D eigenvalue weighted by molar-refractivity contribution is 0.0676. The zero-order valence-electron chi connectivity index (χ0n) is 15.7. The fourth-order valence-corrected chi connectivity index (χ4v) is 4.94. The number of carbonyl (C=O) groups excluding carboxylic acids is 1. The number of amides is 1. The average molecular weight is 406 g/mol. The molecule has 1 atom stereocenters. The maximum absolute atomic E-state index is 14.0. The smallest absolute Gasteiger partial charge is 0.289 e. The SMILES string of the molecule is O=C(c1ccc(-c2ccccc2F)o1)N1CCCC(c2nc3ccccc3s2)C1. The number of halogens is 1. The van der Waals surface area contributed by atoms with Crippen LogP contribution in [0.3, 0.4) is 0 Å². The van der Waals surface area contributed by atoms with E-state index < -0.39 is 0 Å². The Hall–Kier alpha value is -2.99. The molecule has 146 valence electrons. The van der Waals surface area contributed by atoms with Gasteiger partial charge in [0.15, 0.2) is 5.76 Å². The Kier molecular flexibility index (Phi) is 4.64. The average Bonchev–Trinajstić information content (AvgIpc) is 3.41. The number of fused-ring (bicyclic) bond motifs is 1. The first kappa shape index (κ1) is 18.1. The summed E-state index contributed by atoms with van der Waals surface area (Å²) in [7, 11) is 0. The molecule has 3 heterocycles. The van der Waals surface area contributed by atoms with Crippen LogP contribution >= 0.6 is 11.3 Å². The molecule has 5 rings (SSSR count). The second-order valence-corrected chi connectivity index (χ2v) is 8.32. The number of hydrogen-bond acceptors (Lipinski definition) is 4. The largest absolute Gasteiger partial charge is 0.451 e. The van der Waals surface area contributed by atoms with E-state index in [4.69, 9.17) is 9.40 Å². The minimum absolute atomic E-state index is 0.154. The molecule has 0 N–H and O–H groups in total. The number of hydrogen-bond donors (Lipinski definition) is 0. The number of nitrogens with zero attached hydrogens (tertiary/aromatic N) is 2. The molecule has 1 aliphatic rings. The lowest BCUT2D eigenvalue weighted by atomic mass is 9.98. The highest BCUT2D eigenvalue weighted by atomic mass is 32.1. The molecule has 1 amide bonds. The van der Waals surface area contributed by atoms with E-state index in [2.05, 4.69) is 6.07 Å². The van der Waals surface area contributed by atoms with E-state index in [1.807, 2.05) is 23.1 Å². The number of aromatic nitrogens is 1. The monoisotopic (exact) mass is 406 g/mol. The molecule has 0 aliphatic carbocycles. The van der Waals surface area contributed by atoms with Crippen LogP contribution in [0.5, 0.6) is 0 Å². The van der Waals surface area contributed by atoms with Crippen LogP contribution < -0.4 is 0 Å². The van der Waals surface area contributed by atoms with Gasteiger partial charge in [-0.15, -0.1) is 11.3 Å². The van der Waals surface area contributed by atoms with Gasteiger partial charge in [0.1, 0.15) is 11.6 Å². The molecule has 29 heavy (non-hydrogen) atoms. The van der Waals surface area contributed by atoms with Crippen LogP contribution in [0.15, 0.2) is 65.1 Å². The van der Waals surface area contributed by atoms with E-state index in [0.29, 0.717) is 24.4 Å². The van der Waals surface area contributed by atoms with Gasteiger partial charge in [0, 0.05) is 19.0 Å². The van der Waals surface area contributed by atoms with Crippen molar-refractivity contribution >= 4 is 27.5 Å². The standard InChI is InChI=1S/C23H19FN2O2S/c24-17-8-2-1-7-16(17)19-11-12-20(28-19)23(27)26-13-5-6-15(14-26)22-25-18-9-3-4-10-21(18)29-22/h1-4,7-12,15H,5-6,13-14H2. The molecule has 4 nitrogen and oxygen atoms in total. The molecule has 0 bridgehead atoms. The second kappa shape index (κ2) is 7.44. The topological polar surface area (TPSA) is 46.3 Å². The van der Waals surface area contributed by atoms with Crippen molar-refractivity contribution in [3.05, 3.63) is 77.2 Å². The Morgan fingerprint density at radius 3 is 2.79 bits per heavy atom. The van der Waals surface area contributed by atoms with Crippen molar-refractivity contribution in [3.63, 3.8) is 0 Å². The van der Waals surface area contributed by atoms with Crippen molar-refractivity contribution in [3.8, 4) is 11.3 Å². The Labute approximate surface area is 171 Å². The summed E-state index contributed by atoms with van der Waals surface area (Å²) in [5, 5.41) is 1.08. The van der Waals surface area contributed by atoms with Crippen LogP contribution in [0.4, 0.5) is 4.39 Å². The molecule has 1 saturated heterocycles. The van der Waals surface area contributed by atoms with Crippen LogP contribution in [-0.2, 0) is 0 Å². The summed E-state index contributed by atoms with van der Waals surface area (Å²) in [5.41, 5.74) is 1.37. The molecule has 0 radical (unpaired) electrons. The number of rotatable bonds is 3. The fourth-order valence-electron chi connectivity index (χ4n) is 3.84. The van der Waals surface area contributed by atoms with E-state index in [-0.39, 0.29) is 23.4 Å². The Balaban J connectivity index is 1.35. The van der Waals surface area contributed by atoms with Gasteiger partial charge in [-0.05, 0) is 49.2 Å². The van der Waals surface area contributed by atoms with Gasteiger partial charge in [0.05, 0.1) is 20.8 Å². The zero-order valence-corrected chi connectivity index (χ0v) is 16.5. The van der Waals surface area contributed by atoms with Crippen LogP contribution in [0.1, 0.15) is 34.3 Å². The molecule has 1 fully saturated rings. The van der Waals surface area contributed by atoms with Crippen molar-refractivity contribution in [1.82, 2.24) is 9.88 Å². The van der Waals surface area contributed by atoms with Crippen LogP contribution in [0, 0.1) is 5.82 Å². The molecule has 2 aromatic carbocycles. The summed E-state index contributed by atoms with van der Waals surface area (Å²) in [6.07, 6.45) is 1.94. The molecule has 2 aromatic heterocycles. The minimum atomic E-state index is -0.366. The number of benzene rings is 2. The Bertz CT molecular complexity index is 1150. The summed E-state index contributed by atoms with van der Waals surface area (Å²) in [6, 6.07) is 17.8. The Morgan fingerprint density at radius 2 is 1.93 bits per heavy atom. The summed E-state index contributed by atoms with van der Waals surface area (Å²) < 4.78 is 20.9. The van der Waals surface area contributed by atoms with Crippen molar-refractivity contribution in [2.45, 2.75) is 18.8 Å². The first-order valence-electron chi connectivity index (χ1n) is 9.68. The highest BCUT2D eigenvalue weighted by Crippen LogP contribution is 2.34. The lowest BCUT2D eigenvalue weighted by Gasteiger charge is -2.31. The highest BCUT2D eigenvalue weighted by molar-refractivity contribution is 7.18. The van der Waals surface area contributed by atoms with E-state index in [9.17, 15) is 9.18 Å². The van der Waals surface area contributed by atoms with E-state index in [1.165, 1.54) is 10.8 Å². The van der Waals surface area contributed by atoms with Crippen molar-refractivity contribution in [1.29, 1.82) is 0 Å². The predicted molar refractivity (Wildman–Crippen MR) is 112 cm³/mol. The van der Waals surface area contributed by atoms with Gasteiger partial charge in [0.25, 0.3) is 5.91 Å². The first-order valence-corrected chi connectivity index (χ1v) is 10.5. The second-order valence-electron chi connectivity index (χ2n) is 7.25. The number of thiazole rings is 1. The van der Waals surface area contributed by atoms with Gasteiger partial charge in [-0.1, -0.05) is 24.3 Å². The molecule has 1 unspecified atom stereocenters. The van der Waals surface area contributed by atoms with Crippen molar-refractivity contribution in [2.75, 3.05) is 13.1 Å². The summed E-state index contributed by atoms with van der Waals surface area (Å²) in [6.45, 7) is 1.31. The number of likely N-dealkylation sites (tertiary alicyclic amines) is 1. The maximum atomic E-state index is 14.0. The van der Waals surface area contributed by atoms with Gasteiger partial charge in [0.2, 0.25) is 0 Å². The van der Waals surface area contributed by atoms with Gasteiger partial charge < -0.3 is 9.32 Å². The van der Waals surface area contributed by atoms with Crippen molar-refractivity contribution < 1.29 is 13.6 Å². The lowest BCUT2D eigenvalue weighted by Crippen LogP contribution is -2.38. The van der Waals surface area contributed by atoms with Crippen LogP contribution in [0.25, 0.3) is 21.5 Å². The van der Waals surface area contributed by atoms with E-state index in [1.54, 1.807) is 41.7 Å². The Morgan fingerprint density at radius 1 is 1.10 bits per heavy atom. The molecule has 4 aromatic rings. The van der Waals surface area contributed by atoms with Gasteiger partial charge >= 0.3 is 0 Å². The molecule has 6 heteroatoms. The number of piperidine rings is 1. The third kappa shape index (κ3) is 3.44. The van der Waals surface area contributed by atoms with E-state index in [0.717, 1.165) is 23.4 Å². The third-order valence-electron chi connectivity index (χ3n) is 5.32. The number of furan rings is 1. The van der Waals surface area contributed by atoms with Gasteiger partial charge in [-0.2, -0.15) is 0 Å². The van der Waals surface area contributed by atoms with E-state index >= 15 is 0 Å². The zero-order chi connectivity index (χ0) is 19.8. The molecule has 1 aliphatic heterocycles. The molecular weight excluding hydrogens is 387 g/mol. The quantitative estimate of drug-likeness (QED) is 0.437. The number of carbonyl (C=O) groups is 1. The van der Waals surface area contributed by atoms with Crippen molar-refractivity contribution in [2.24, 2.45) is 0 Å². The molecule has 0 spiro atoms. The molecule has 0 saturated carbocycles. The predicted octanol–water partition coefficient (Wildman–Crippen LogP) is 5.72. The summed E-state index contributed by atoms with van der Waals surface area (Å²) >= 11 is 1.70.